The van der Waals surface area contributed by atoms with Crippen molar-refractivity contribution < 1.29 is 4.79 Å². The van der Waals surface area contributed by atoms with Crippen LogP contribution in [0.25, 0.3) is 0 Å². The van der Waals surface area contributed by atoms with Crippen LogP contribution in [0.1, 0.15) is 24.5 Å². The van der Waals surface area contributed by atoms with E-state index < -0.39 is 6.04 Å². The SMILES string of the molecule is CCc1nc(CN2CCN(C(=O)[C@@H](C)N)CC2)cs1.Cl.Cl. The zero-order valence-corrected chi connectivity index (χ0v) is 14.9. The van der Waals surface area contributed by atoms with Gasteiger partial charge in [-0.3, -0.25) is 9.69 Å². The van der Waals surface area contributed by atoms with E-state index in [9.17, 15) is 4.79 Å². The molecule has 0 spiro atoms. The number of halogens is 2. The van der Waals surface area contributed by atoms with E-state index in [1.807, 2.05) is 4.90 Å². The van der Waals surface area contributed by atoms with Crippen molar-refractivity contribution in [2.24, 2.45) is 5.73 Å². The number of amides is 1. The molecule has 2 N–H and O–H groups in total. The van der Waals surface area contributed by atoms with Crippen molar-refractivity contribution in [3.63, 3.8) is 0 Å². The molecule has 1 fully saturated rings. The first-order valence-corrected chi connectivity index (χ1v) is 7.68. The van der Waals surface area contributed by atoms with Crippen molar-refractivity contribution >= 4 is 42.1 Å². The summed E-state index contributed by atoms with van der Waals surface area (Å²) >= 11 is 1.73. The minimum absolute atomic E-state index is 0. The highest BCUT2D eigenvalue weighted by Gasteiger charge is 2.23. The summed E-state index contributed by atoms with van der Waals surface area (Å²) in [5.74, 6) is 0.0570. The molecule has 1 aliphatic heterocycles. The van der Waals surface area contributed by atoms with Crippen molar-refractivity contribution in [1.82, 2.24) is 14.8 Å². The van der Waals surface area contributed by atoms with Gasteiger partial charge in [0.05, 0.1) is 16.7 Å². The Kier molecular flexibility index (Phi) is 9.40. The number of carbonyl (C=O) groups is 1. The van der Waals surface area contributed by atoms with Crippen LogP contribution in [-0.4, -0.2) is 52.9 Å². The Morgan fingerprint density at radius 2 is 2.00 bits per heavy atom. The molecule has 0 unspecified atom stereocenters. The number of thiazole rings is 1. The quantitative estimate of drug-likeness (QED) is 0.890. The van der Waals surface area contributed by atoms with E-state index in [0.717, 1.165) is 44.8 Å². The minimum Gasteiger partial charge on any atom is -0.339 e. The van der Waals surface area contributed by atoms with E-state index in [1.54, 1.807) is 18.3 Å². The molecule has 1 saturated heterocycles. The van der Waals surface area contributed by atoms with Crippen LogP contribution in [0.2, 0.25) is 0 Å². The lowest BCUT2D eigenvalue weighted by Gasteiger charge is -2.35. The Morgan fingerprint density at radius 3 is 2.48 bits per heavy atom. The topological polar surface area (TPSA) is 62.5 Å². The fraction of sp³-hybridized carbons (Fsp3) is 0.692. The first kappa shape index (κ1) is 20.6. The van der Waals surface area contributed by atoms with Crippen molar-refractivity contribution in [2.45, 2.75) is 32.9 Å². The van der Waals surface area contributed by atoms with Crippen LogP contribution in [0.5, 0.6) is 0 Å². The van der Waals surface area contributed by atoms with Crippen LogP contribution >= 0.6 is 36.2 Å². The van der Waals surface area contributed by atoms with E-state index in [2.05, 4.69) is 22.2 Å². The van der Waals surface area contributed by atoms with Gasteiger partial charge in [0.2, 0.25) is 5.91 Å². The number of aryl methyl sites for hydroxylation is 1. The maximum atomic E-state index is 11.8. The molecule has 2 rings (SSSR count). The molecule has 0 aliphatic carbocycles. The third kappa shape index (κ3) is 5.71. The highest BCUT2D eigenvalue weighted by atomic mass is 35.5. The second-order valence-electron chi connectivity index (χ2n) is 4.98. The molecule has 1 aromatic rings. The van der Waals surface area contributed by atoms with Gasteiger partial charge in [0.1, 0.15) is 0 Å². The lowest BCUT2D eigenvalue weighted by Crippen LogP contribution is -2.52. The normalized spacial score (nSPS) is 16.8. The highest BCUT2D eigenvalue weighted by Crippen LogP contribution is 2.13. The maximum absolute atomic E-state index is 11.8. The third-order valence-corrected chi connectivity index (χ3v) is 4.40. The summed E-state index contributed by atoms with van der Waals surface area (Å²) in [6, 6.07) is -0.391. The number of piperazine rings is 1. The van der Waals surface area contributed by atoms with Gasteiger partial charge in [0.25, 0.3) is 0 Å². The Bertz CT molecular complexity index is 434. The highest BCUT2D eigenvalue weighted by molar-refractivity contribution is 7.09. The van der Waals surface area contributed by atoms with Gasteiger partial charge in [-0.05, 0) is 13.3 Å². The fourth-order valence-electron chi connectivity index (χ4n) is 2.23. The van der Waals surface area contributed by atoms with Gasteiger partial charge in [0, 0.05) is 38.1 Å². The largest absolute Gasteiger partial charge is 0.339 e. The predicted octanol–water partition coefficient (Wildman–Crippen LogP) is 1.54. The molecular formula is C13H24Cl2N4OS. The maximum Gasteiger partial charge on any atom is 0.239 e. The van der Waals surface area contributed by atoms with Crippen LogP contribution < -0.4 is 5.73 Å². The molecule has 0 saturated carbocycles. The van der Waals surface area contributed by atoms with E-state index in [1.165, 1.54) is 5.01 Å². The molecule has 21 heavy (non-hydrogen) atoms. The Hall–Kier alpha value is -0.400. The number of nitrogens with two attached hydrogens (primary N) is 1. The van der Waals surface area contributed by atoms with E-state index in [0.29, 0.717) is 0 Å². The molecule has 1 amide bonds. The zero-order chi connectivity index (χ0) is 13.8. The molecule has 2 heterocycles. The van der Waals surface area contributed by atoms with Gasteiger partial charge >= 0.3 is 0 Å². The number of nitrogens with zero attached hydrogens (tertiary/aromatic N) is 3. The summed E-state index contributed by atoms with van der Waals surface area (Å²) in [5, 5.41) is 3.33. The Morgan fingerprint density at radius 1 is 1.38 bits per heavy atom. The van der Waals surface area contributed by atoms with E-state index in [-0.39, 0.29) is 30.7 Å². The van der Waals surface area contributed by atoms with Gasteiger partial charge in [-0.15, -0.1) is 36.2 Å². The molecule has 1 atom stereocenters. The number of hydrogen-bond donors (Lipinski definition) is 1. The van der Waals surface area contributed by atoms with Crippen LogP contribution in [0.3, 0.4) is 0 Å². The monoisotopic (exact) mass is 354 g/mol. The second kappa shape index (κ2) is 9.58. The zero-order valence-electron chi connectivity index (χ0n) is 12.4. The molecule has 5 nitrogen and oxygen atoms in total. The van der Waals surface area contributed by atoms with Crippen LogP contribution in [-0.2, 0) is 17.8 Å². The first-order valence-electron chi connectivity index (χ1n) is 6.80. The van der Waals surface area contributed by atoms with Crippen molar-refractivity contribution in [3.05, 3.63) is 16.1 Å². The minimum atomic E-state index is -0.391. The average molecular weight is 355 g/mol. The van der Waals surface area contributed by atoms with Gasteiger partial charge in [-0.2, -0.15) is 0 Å². The van der Waals surface area contributed by atoms with Gasteiger partial charge in [-0.25, -0.2) is 4.98 Å². The van der Waals surface area contributed by atoms with Crippen molar-refractivity contribution in [2.75, 3.05) is 26.2 Å². The summed E-state index contributed by atoms with van der Waals surface area (Å²) in [5.41, 5.74) is 6.78. The number of carbonyl (C=O) groups excluding carboxylic acids is 1. The molecule has 0 bridgehead atoms. The molecule has 1 aliphatic rings. The lowest BCUT2D eigenvalue weighted by atomic mass is 10.2. The molecular weight excluding hydrogens is 331 g/mol. The molecule has 0 aromatic carbocycles. The Balaban J connectivity index is 0.00000200. The summed E-state index contributed by atoms with van der Waals surface area (Å²) in [4.78, 5) is 20.6. The first-order chi connectivity index (χ1) is 9.10. The summed E-state index contributed by atoms with van der Waals surface area (Å²) in [6.45, 7) is 8.10. The predicted molar refractivity (Wildman–Crippen MR) is 91.5 cm³/mol. The molecule has 0 radical (unpaired) electrons. The van der Waals surface area contributed by atoms with Gasteiger partial charge in [-0.1, -0.05) is 6.92 Å². The summed E-state index contributed by atoms with van der Waals surface area (Å²) < 4.78 is 0. The second-order valence-corrected chi connectivity index (χ2v) is 5.92. The number of aromatic nitrogens is 1. The van der Waals surface area contributed by atoms with E-state index in [4.69, 9.17) is 5.73 Å². The number of hydrogen-bond acceptors (Lipinski definition) is 5. The van der Waals surface area contributed by atoms with Crippen molar-refractivity contribution in [1.29, 1.82) is 0 Å². The van der Waals surface area contributed by atoms with Crippen LogP contribution in [0.4, 0.5) is 0 Å². The van der Waals surface area contributed by atoms with Crippen molar-refractivity contribution in [3.8, 4) is 0 Å². The molecule has 1 aromatic heterocycles. The van der Waals surface area contributed by atoms with Crippen LogP contribution in [0.15, 0.2) is 5.38 Å². The van der Waals surface area contributed by atoms with Gasteiger partial charge in [0.15, 0.2) is 0 Å². The van der Waals surface area contributed by atoms with Crippen LogP contribution in [0, 0.1) is 0 Å². The fourth-order valence-corrected chi connectivity index (χ4v) is 2.96. The Labute approximate surface area is 142 Å². The summed E-state index contributed by atoms with van der Waals surface area (Å²) in [6.07, 6.45) is 1.00. The molecule has 8 heteroatoms. The van der Waals surface area contributed by atoms with E-state index >= 15 is 0 Å². The van der Waals surface area contributed by atoms with Gasteiger partial charge < -0.3 is 10.6 Å². The summed E-state index contributed by atoms with van der Waals surface area (Å²) in [7, 11) is 0. The standard InChI is InChI=1S/C13H22N4OS.2ClH/c1-3-12-15-11(9-19-12)8-16-4-6-17(7-5-16)13(18)10(2)14;;/h9-10H,3-8,14H2,1-2H3;2*1H/t10-;;/m1../s1. The third-order valence-electron chi connectivity index (χ3n) is 3.36. The smallest absolute Gasteiger partial charge is 0.239 e. The lowest BCUT2D eigenvalue weighted by molar-refractivity contribution is -0.134. The number of rotatable bonds is 4. The molecule has 122 valence electrons. The average Bonchev–Trinajstić information content (AvgIpc) is 2.86.